The number of aliphatic imine (C=N–C) groups is 1. The molecule has 1 aromatic rings. The summed E-state index contributed by atoms with van der Waals surface area (Å²) >= 11 is 0. The Morgan fingerprint density at radius 3 is 2.37 bits per heavy atom. The van der Waals surface area contributed by atoms with Gasteiger partial charge < -0.3 is 20.8 Å². The third-order valence-corrected chi connectivity index (χ3v) is 7.35. The lowest BCUT2D eigenvalue weighted by atomic mass is 9.52. The molecule has 3 aliphatic carbocycles. The van der Waals surface area contributed by atoms with Crippen LogP contribution in [-0.2, 0) is 25.6 Å². The van der Waals surface area contributed by atoms with E-state index in [4.69, 9.17) is 5.73 Å². The van der Waals surface area contributed by atoms with Crippen LogP contribution in [0.25, 0.3) is 0 Å². The lowest BCUT2D eigenvalue weighted by Crippen LogP contribution is -2.74. The summed E-state index contributed by atoms with van der Waals surface area (Å²) < 4.78 is 0. The molecule has 6 unspecified atom stereocenters. The van der Waals surface area contributed by atoms with Crippen LogP contribution in [0, 0.1) is 23.7 Å². The van der Waals surface area contributed by atoms with Gasteiger partial charge in [0.15, 0.2) is 34.7 Å². The Labute approximate surface area is 201 Å². The maximum absolute atomic E-state index is 13.7. The number of aromatic hydroxyl groups is 1. The monoisotopic (exact) mass is 484 g/mol. The topological polar surface area (TPSA) is 171 Å². The van der Waals surface area contributed by atoms with Crippen molar-refractivity contribution in [1.29, 1.82) is 0 Å². The second-order valence-corrected chi connectivity index (χ2v) is 9.95. The fourth-order valence-corrected chi connectivity index (χ4v) is 5.89. The Morgan fingerprint density at radius 1 is 1.14 bits per heavy atom. The third kappa shape index (κ3) is 3.49. The predicted molar refractivity (Wildman–Crippen MR) is 123 cm³/mol. The third-order valence-electron chi connectivity index (χ3n) is 7.35. The van der Waals surface area contributed by atoms with Gasteiger partial charge in [0.25, 0.3) is 0 Å². The van der Waals surface area contributed by atoms with E-state index in [1.54, 1.807) is 45.5 Å². The van der Waals surface area contributed by atoms with Gasteiger partial charge in [-0.05, 0) is 50.6 Å². The number of hydrogen-bond donors (Lipinski definition) is 3. The standard InChI is InChI=1S/C24H28N4O7/c1-27(2)9-26-13-5-6-14(29)16-11(13)7-10-8-12-18(28(3)4)20(31)17(23(25)34)22(33)24(12,35)21(32)15(10)19(16)30/h5-6,9-10,12,15,17-18,29,35H,7-8H2,1-4H3,(H2,25,34). The van der Waals surface area contributed by atoms with Gasteiger partial charge in [0.05, 0.1) is 29.5 Å². The lowest BCUT2D eigenvalue weighted by Gasteiger charge is -2.52. The van der Waals surface area contributed by atoms with Gasteiger partial charge in [-0.3, -0.25) is 28.9 Å². The van der Waals surface area contributed by atoms with Gasteiger partial charge in [-0.1, -0.05) is 0 Å². The largest absolute Gasteiger partial charge is 0.507 e. The van der Waals surface area contributed by atoms with E-state index < -0.39 is 64.4 Å². The van der Waals surface area contributed by atoms with Gasteiger partial charge in [-0.15, -0.1) is 0 Å². The first-order valence-electron chi connectivity index (χ1n) is 11.2. The van der Waals surface area contributed by atoms with Gasteiger partial charge in [-0.2, -0.15) is 0 Å². The van der Waals surface area contributed by atoms with Crippen LogP contribution in [0.4, 0.5) is 5.69 Å². The number of nitrogens with two attached hydrogens (primary N) is 1. The van der Waals surface area contributed by atoms with Crippen molar-refractivity contribution >= 4 is 41.1 Å². The van der Waals surface area contributed by atoms with E-state index in [0.29, 0.717) is 11.3 Å². The Balaban J connectivity index is 1.86. The minimum atomic E-state index is -2.73. The molecule has 0 aromatic heterocycles. The van der Waals surface area contributed by atoms with Crippen LogP contribution >= 0.6 is 0 Å². The number of aliphatic hydroxyl groups is 1. The predicted octanol–water partition coefficient (Wildman–Crippen LogP) is -0.912. The van der Waals surface area contributed by atoms with E-state index in [-0.39, 0.29) is 24.2 Å². The number of nitrogens with zero attached hydrogens (tertiary/aromatic N) is 3. The molecule has 0 saturated heterocycles. The molecule has 11 nitrogen and oxygen atoms in total. The highest BCUT2D eigenvalue weighted by Gasteiger charge is 2.69. The molecule has 1 amide bonds. The molecule has 6 atom stereocenters. The summed E-state index contributed by atoms with van der Waals surface area (Å²) in [4.78, 5) is 73.1. The van der Waals surface area contributed by atoms with Crippen LogP contribution in [-0.4, -0.2) is 95.2 Å². The molecule has 3 aliphatic rings. The van der Waals surface area contributed by atoms with Gasteiger partial charge >= 0.3 is 0 Å². The number of carbonyl (C=O) groups is 5. The molecule has 0 heterocycles. The summed E-state index contributed by atoms with van der Waals surface area (Å²) in [5.41, 5.74) is 3.40. The number of primary amides is 1. The number of phenols is 1. The molecule has 11 heteroatoms. The normalized spacial score (nSPS) is 32.5. The number of benzene rings is 1. The molecule has 2 saturated carbocycles. The zero-order valence-electron chi connectivity index (χ0n) is 19.9. The SMILES string of the molecule is CN(C)C=Nc1ccc(O)c2c1CC1CC3C(N(C)C)C(=O)C(C(N)=O)C(=O)C3(O)C(=O)C1C2=O. The summed E-state index contributed by atoms with van der Waals surface area (Å²) in [6.45, 7) is 0. The Hall–Kier alpha value is -3.44. The smallest absolute Gasteiger partial charge is 0.235 e. The summed E-state index contributed by atoms with van der Waals surface area (Å²) in [6, 6.07) is 1.74. The molecular weight excluding hydrogens is 456 g/mol. The molecular formula is C24H28N4O7. The van der Waals surface area contributed by atoms with Crippen molar-refractivity contribution in [2.24, 2.45) is 34.4 Å². The van der Waals surface area contributed by atoms with Crippen LogP contribution in [0.15, 0.2) is 17.1 Å². The molecule has 4 N–H and O–H groups in total. The Bertz CT molecular complexity index is 1190. The Morgan fingerprint density at radius 2 is 1.80 bits per heavy atom. The number of phenolic OH excluding ortho intramolecular Hbond substituents is 1. The van der Waals surface area contributed by atoms with Crippen molar-refractivity contribution in [2.75, 3.05) is 28.2 Å². The number of Topliss-reactive ketones (excluding diaryl/α,β-unsaturated/α-hetero) is 4. The van der Waals surface area contributed by atoms with Gasteiger partial charge in [0.2, 0.25) is 5.91 Å². The maximum atomic E-state index is 13.7. The van der Waals surface area contributed by atoms with Crippen LogP contribution < -0.4 is 5.73 Å². The highest BCUT2D eigenvalue weighted by molar-refractivity contribution is 6.32. The van der Waals surface area contributed by atoms with Gasteiger partial charge in [-0.25, -0.2) is 4.99 Å². The zero-order valence-corrected chi connectivity index (χ0v) is 19.9. The van der Waals surface area contributed by atoms with Crippen molar-refractivity contribution in [2.45, 2.75) is 24.5 Å². The van der Waals surface area contributed by atoms with Crippen LogP contribution in [0.1, 0.15) is 22.3 Å². The fourth-order valence-electron chi connectivity index (χ4n) is 5.89. The maximum Gasteiger partial charge on any atom is 0.235 e. The second kappa shape index (κ2) is 8.35. The average Bonchev–Trinajstić information content (AvgIpc) is 2.75. The van der Waals surface area contributed by atoms with Gasteiger partial charge in [0.1, 0.15) is 5.75 Å². The summed E-state index contributed by atoms with van der Waals surface area (Å²) in [7, 11) is 6.63. The second-order valence-electron chi connectivity index (χ2n) is 9.95. The number of hydrogen-bond acceptors (Lipinski definition) is 9. The number of carbonyl (C=O) groups excluding carboxylic acids is 5. The summed E-state index contributed by atoms with van der Waals surface area (Å²) in [5.74, 6) is -10.7. The van der Waals surface area contributed by atoms with E-state index in [9.17, 15) is 34.2 Å². The van der Waals surface area contributed by atoms with E-state index in [1.165, 1.54) is 11.0 Å². The lowest BCUT2D eigenvalue weighted by molar-refractivity contribution is -0.181. The zero-order chi connectivity index (χ0) is 26.0. The average molecular weight is 485 g/mol. The summed E-state index contributed by atoms with van der Waals surface area (Å²) in [5, 5.41) is 22.0. The highest BCUT2D eigenvalue weighted by atomic mass is 16.3. The fraction of sp³-hybridized carbons (Fsp3) is 0.500. The minimum absolute atomic E-state index is 0.00359. The van der Waals surface area contributed by atoms with Crippen molar-refractivity contribution in [3.63, 3.8) is 0 Å². The number of rotatable bonds is 4. The number of fused-ring (bicyclic) bond motifs is 3. The van der Waals surface area contributed by atoms with E-state index in [1.807, 2.05) is 0 Å². The molecule has 2 fully saturated rings. The number of likely N-dealkylation sites (N-methyl/N-ethyl adjacent to an activating group) is 1. The van der Waals surface area contributed by atoms with Crippen LogP contribution in [0.2, 0.25) is 0 Å². The van der Waals surface area contributed by atoms with Crippen molar-refractivity contribution in [3.8, 4) is 5.75 Å². The molecule has 35 heavy (non-hydrogen) atoms. The van der Waals surface area contributed by atoms with Crippen molar-refractivity contribution in [1.82, 2.24) is 9.80 Å². The molecule has 0 spiro atoms. The number of ketones is 4. The van der Waals surface area contributed by atoms with Gasteiger partial charge in [0, 0.05) is 20.0 Å². The quantitative estimate of drug-likeness (QED) is 0.278. The number of amides is 1. The molecule has 0 aliphatic heterocycles. The summed E-state index contributed by atoms with van der Waals surface area (Å²) in [6.07, 6.45) is 1.70. The van der Waals surface area contributed by atoms with E-state index >= 15 is 0 Å². The first kappa shape index (κ1) is 24.7. The molecule has 0 radical (unpaired) electrons. The molecule has 4 rings (SSSR count). The minimum Gasteiger partial charge on any atom is -0.507 e. The van der Waals surface area contributed by atoms with E-state index in [0.717, 1.165) is 0 Å². The Kier molecular flexibility index (Phi) is 5.89. The van der Waals surface area contributed by atoms with E-state index in [2.05, 4.69) is 4.99 Å². The highest BCUT2D eigenvalue weighted by Crippen LogP contribution is 2.51. The van der Waals surface area contributed by atoms with Crippen molar-refractivity contribution in [3.05, 3.63) is 23.3 Å². The van der Waals surface area contributed by atoms with Crippen LogP contribution in [0.5, 0.6) is 5.75 Å². The van der Waals surface area contributed by atoms with Crippen molar-refractivity contribution < 1.29 is 34.2 Å². The molecule has 1 aromatic carbocycles. The molecule has 186 valence electrons. The first-order valence-corrected chi connectivity index (χ1v) is 11.2. The molecule has 0 bridgehead atoms. The first-order chi connectivity index (χ1) is 16.3. The van der Waals surface area contributed by atoms with Crippen LogP contribution in [0.3, 0.4) is 0 Å².